The van der Waals surface area contributed by atoms with E-state index in [1.165, 1.54) is 14.0 Å². The van der Waals surface area contributed by atoms with Crippen LogP contribution in [0.4, 0.5) is 10.5 Å². The van der Waals surface area contributed by atoms with Gasteiger partial charge >= 0.3 is 12.1 Å². The van der Waals surface area contributed by atoms with Crippen LogP contribution in [0.3, 0.4) is 0 Å². The largest absolute Gasteiger partial charge is 0.459 e. The summed E-state index contributed by atoms with van der Waals surface area (Å²) in [4.78, 5) is 30.7. The fourth-order valence-corrected chi connectivity index (χ4v) is 10.7. The molecular formula is C51H86N6O14. The summed E-state index contributed by atoms with van der Waals surface area (Å²) < 4.78 is 45.2. The molecule has 404 valence electrons. The van der Waals surface area contributed by atoms with Crippen LogP contribution in [0.2, 0.25) is 0 Å². The summed E-state index contributed by atoms with van der Waals surface area (Å²) in [5, 5.41) is 70.8. The average Bonchev–Trinajstić information content (AvgIpc) is 3.77. The van der Waals surface area contributed by atoms with Crippen molar-refractivity contribution < 1.29 is 68.3 Å². The van der Waals surface area contributed by atoms with Crippen LogP contribution < -0.4 is 5.32 Å². The molecule has 1 amide bonds. The highest BCUT2D eigenvalue weighted by atomic mass is 16.7. The minimum atomic E-state index is -1.84. The van der Waals surface area contributed by atoms with Gasteiger partial charge in [0.2, 0.25) is 0 Å². The van der Waals surface area contributed by atoms with Crippen molar-refractivity contribution in [1.82, 2.24) is 24.8 Å². The lowest BCUT2D eigenvalue weighted by atomic mass is 9.77. The van der Waals surface area contributed by atoms with E-state index in [1.54, 1.807) is 71.5 Å². The SMILES string of the molecule is CC[C@H]1OC(=O)[C@H](C)[C@@H](O[C@H]2C[C@@](C)(OC)[C@@H](O)[C@H](C)O2)[C@H](C)[C@@H](O[C@@H]2O[C@H](C)C[C@H](N(C)CCc3cn(CCOC(=O)Nc4ccc(C)cc4)nn3)[C@H]2O)[C@](C)(O)C[C@@H](C)CN(C)[C@H](C)[C@@H](O)[C@]1(C)O. The third kappa shape index (κ3) is 14.7. The van der Waals surface area contributed by atoms with E-state index in [4.69, 9.17) is 33.2 Å². The van der Waals surface area contributed by atoms with Crippen LogP contribution in [0, 0.1) is 24.7 Å². The average molecular weight is 1010 g/mol. The van der Waals surface area contributed by atoms with Gasteiger partial charge in [0.25, 0.3) is 0 Å². The summed E-state index contributed by atoms with van der Waals surface area (Å²) in [7, 11) is 5.23. The lowest BCUT2D eigenvalue weighted by molar-refractivity contribution is -0.318. The number of aromatic nitrogens is 3. The number of amides is 1. The predicted octanol–water partition coefficient (Wildman–Crippen LogP) is 3.66. The summed E-state index contributed by atoms with van der Waals surface area (Å²) in [5.74, 6) is -2.82. The Morgan fingerprint density at radius 3 is 2.31 bits per heavy atom. The zero-order chi connectivity index (χ0) is 52.7. The first-order chi connectivity index (χ1) is 33.2. The lowest BCUT2D eigenvalue weighted by Gasteiger charge is -2.49. The van der Waals surface area contributed by atoms with E-state index < -0.39 is 108 Å². The first kappa shape index (κ1) is 58.5. The summed E-state index contributed by atoms with van der Waals surface area (Å²) in [6.07, 6.45) is -7.50. The van der Waals surface area contributed by atoms with Gasteiger partial charge in [0, 0.05) is 62.9 Å². The van der Waals surface area contributed by atoms with Gasteiger partial charge in [0.15, 0.2) is 12.6 Å². The second kappa shape index (κ2) is 24.8. The second-order valence-electron chi connectivity index (χ2n) is 21.5. The topological polar surface area (TPSA) is 249 Å². The van der Waals surface area contributed by atoms with Crippen LogP contribution in [0.1, 0.15) is 106 Å². The number of likely N-dealkylation sites (N-methyl/N-ethyl adjacent to an activating group) is 2. The highest BCUT2D eigenvalue weighted by molar-refractivity contribution is 5.84. The summed E-state index contributed by atoms with van der Waals surface area (Å²) >= 11 is 0. The van der Waals surface area contributed by atoms with Gasteiger partial charge in [0.05, 0.1) is 53.8 Å². The third-order valence-corrected chi connectivity index (χ3v) is 15.3. The molecule has 1 aromatic carbocycles. The third-order valence-electron chi connectivity index (χ3n) is 15.3. The first-order valence-electron chi connectivity index (χ1n) is 25.4. The number of nitrogens with one attached hydrogen (secondary N) is 1. The van der Waals surface area contributed by atoms with E-state index >= 15 is 0 Å². The zero-order valence-electron chi connectivity index (χ0n) is 44.6. The molecule has 0 saturated carbocycles. The Balaban J connectivity index is 1.38. The normalized spacial score (nSPS) is 39.3. The molecule has 71 heavy (non-hydrogen) atoms. The number of methoxy groups -OCH3 is 1. The van der Waals surface area contributed by atoms with Crippen molar-refractivity contribution in [2.45, 2.75) is 205 Å². The van der Waals surface area contributed by atoms with Gasteiger partial charge in [-0.2, -0.15) is 0 Å². The van der Waals surface area contributed by atoms with Crippen LogP contribution in [0.25, 0.3) is 0 Å². The van der Waals surface area contributed by atoms with E-state index in [0.717, 1.165) is 5.56 Å². The fourth-order valence-electron chi connectivity index (χ4n) is 10.7. The molecule has 18 atom stereocenters. The number of hydrogen-bond donors (Lipinski definition) is 6. The molecule has 0 unspecified atom stereocenters. The molecule has 1 aromatic heterocycles. The van der Waals surface area contributed by atoms with Crippen LogP contribution in [0.5, 0.6) is 0 Å². The van der Waals surface area contributed by atoms with Gasteiger partial charge in [0.1, 0.15) is 36.6 Å². The van der Waals surface area contributed by atoms with Crippen LogP contribution >= 0.6 is 0 Å². The number of anilines is 1. The van der Waals surface area contributed by atoms with E-state index in [-0.39, 0.29) is 37.9 Å². The Kier molecular flexibility index (Phi) is 20.4. The van der Waals surface area contributed by atoms with Crippen LogP contribution in [-0.2, 0) is 50.9 Å². The Morgan fingerprint density at radius 1 is 0.986 bits per heavy atom. The van der Waals surface area contributed by atoms with Gasteiger partial charge < -0.3 is 68.5 Å². The molecule has 6 N–H and O–H groups in total. The number of carbonyl (C=O) groups excluding carboxylic acids is 2. The summed E-state index contributed by atoms with van der Waals surface area (Å²) in [5.41, 5.74) is -2.14. The minimum Gasteiger partial charge on any atom is -0.459 e. The number of rotatable bonds is 14. The molecule has 5 rings (SSSR count). The Labute approximate surface area is 420 Å². The smallest absolute Gasteiger partial charge is 0.411 e. The van der Waals surface area contributed by atoms with Gasteiger partial charge in [-0.05, 0) is 107 Å². The van der Waals surface area contributed by atoms with Crippen molar-refractivity contribution in [3.8, 4) is 0 Å². The molecule has 3 fully saturated rings. The maximum Gasteiger partial charge on any atom is 0.411 e. The number of aryl methyl sites for hydroxylation is 1. The molecule has 0 aliphatic carbocycles. The van der Waals surface area contributed by atoms with Crippen LogP contribution in [-0.4, -0.2) is 194 Å². The number of cyclic esters (lactones) is 1. The maximum atomic E-state index is 14.5. The van der Waals surface area contributed by atoms with Gasteiger partial charge in [-0.25, -0.2) is 9.48 Å². The molecular weight excluding hydrogens is 921 g/mol. The Hall–Kier alpha value is -3.38. The molecule has 3 aliphatic rings. The summed E-state index contributed by atoms with van der Waals surface area (Å²) in [6, 6.07) is 6.37. The fraction of sp³-hybridized carbons (Fsp3) is 0.804. The Bertz CT molecular complexity index is 1990. The molecule has 0 bridgehead atoms. The number of ether oxygens (including phenoxy) is 7. The number of benzene rings is 1. The highest BCUT2D eigenvalue weighted by Crippen LogP contribution is 2.40. The molecule has 4 heterocycles. The van der Waals surface area contributed by atoms with E-state index in [2.05, 4.69) is 15.6 Å². The van der Waals surface area contributed by atoms with Crippen molar-refractivity contribution in [3.05, 3.63) is 41.7 Å². The molecule has 0 spiro atoms. The van der Waals surface area contributed by atoms with Gasteiger partial charge in [-0.15, -0.1) is 5.10 Å². The van der Waals surface area contributed by atoms with Crippen molar-refractivity contribution in [2.24, 2.45) is 17.8 Å². The number of esters is 1. The van der Waals surface area contributed by atoms with Crippen LogP contribution in [0.15, 0.2) is 30.5 Å². The lowest BCUT2D eigenvalue weighted by Crippen LogP contribution is -2.61. The van der Waals surface area contributed by atoms with E-state index in [9.17, 15) is 35.1 Å². The number of aliphatic hydroxyl groups excluding tert-OH is 3. The molecule has 0 radical (unpaired) electrons. The van der Waals surface area contributed by atoms with Gasteiger partial charge in [-0.3, -0.25) is 10.1 Å². The van der Waals surface area contributed by atoms with Crippen molar-refractivity contribution in [1.29, 1.82) is 0 Å². The van der Waals surface area contributed by atoms with Gasteiger partial charge in [-0.1, -0.05) is 43.7 Å². The van der Waals surface area contributed by atoms with Crippen molar-refractivity contribution in [3.63, 3.8) is 0 Å². The first-order valence-corrected chi connectivity index (χ1v) is 25.4. The molecule has 3 saturated heterocycles. The maximum absolute atomic E-state index is 14.5. The van der Waals surface area contributed by atoms with E-state index in [0.29, 0.717) is 43.9 Å². The molecule has 20 heteroatoms. The molecule has 20 nitrogen and oxygen atoms in total. The Morgan fingerprint density at radius 2 is 1.66 bits per heavy atom. The number of hydrogen-bond acceptors (Lipinski definition) is 18. The molecule has 2 aromatic rings. The summed E-state index contributed by atoms with van der Waals surface area (Å²) in [6.45, 7) is 20.7. The van der Waals surface area contributed by atoms with E-state index in [1.807, 2.05) is 56.8 Å². The van der Waals surface area contributed by atoms with Crippen molar-refractivity contribution >= 4 is 17.7 Å². The number of aliphatic hydroxyl groups is 5. The minimum absolute atomic E-state index is 0.0864. The highest BCUT2D eigenvalue weighted by Gasteiger charge is 2.53. The second-order valence-corrected chi connectivity index (χ2v) is 21.5. The standard InChI is InChI=1S/C51H86N6O14/c1-15-39-51(11,64)43(59)34(7)56(13)27-30(3)25-49(9,63)45(32(5)42(33(6)46(61)69-39)70-40-26-50(10,65-14)44(60)35(8)68-40)71-47-41(58)38(24-31(4)67-47)55(12)21-20-37-28-57(54-53-37)22-23-66-48(62)52-36-18-16-29(2)17-19-36/h16-19,28,30-35,38-45,47,58-60,63-64H,15,20-27H2,1-14H3,(H,52,62)/t30-,31-,32+,33-,34-,35+,38+,39-,40+,41-,42+,43-,44+,45-,47+,49-,50-,51-/m1/s1. The number of nitrogens with zero attached hydrogens (tertiary/aromatic N) is 5. The number of carbonyl (C=O) groups is 2. The zero-order valence-corrected chi connectivity index (χ0v) is 44.6. The monoisotopic (exact) mass is 1010 g/mol. The van der Waals surface area contributed by atoms with Crippen molar-refractivity contribution in [2.75, 3.05) is 46.2 Å². The molecule has 3 aliphatic heterocycles. The predicted molar refractivity (Wildman–Crippen MR) is 263 cm³/mol. The quantitative estimate of drug-likeness (QED) is 0.148.